The van der Waals surface area contributed by atoms with Crippen LogP contribution in [0, 0.1) is 5.92 Å². The third-order valence-corrected chi connectivity index (χ3v) is 4.79. The van der Waals surface area contributed by atoms with E-state index < -0.39 is 8.56 Å². The average Bonchev–Trinajstić information content (AvgIpc) is 1.95. The summed E-state index contributed by atoms with van der Waals surface area (Å²) in [4.78, 5) is 19.4. The number of unbranched alkanes of at least 4 members (excludes halogenated alkanes) is 3. The van der Waals surface area contributed by atoms with E-state index >= 15 is 0 Å². The van der Waals surface area contributed by atoms with E-state index in [9.17, 15) is 9.59 Å². The van der Waals surface area contributed by atoms with Gasteiger partial charge in [-0.2, -0.15) is 0 Å². The second kappa shape index (κ2) is 6.57. The summed E-state index contributed by atoms with van der Waals surface area (Å²) in [5.41, 5.74) is 0. The van der Waals surface area contributed by atoms with Crippen molar-refractivity contribution in [3.8, 4) is 0 Å². The Morgan fingerprint density at radius 1 is 1.08 bits per heavy atom. The minimum absolute atomic E-state index is 0.410. The molecule has 0 aromatic heterocycles. The van der Waals surface area contributed by atoms with Crippen molar-refractivity contribution in [3.63, 3.8) is 0 Å². The number of rotatable bonds is 7. The molecule has 0 aliphatic rings. The summed E-state index contributed by atoms with van der Waals surface area (Å²) >= 11 is 0. The molecule has 0 rings (SSSR count). The van der Waals surface area contributed by atoms with Gasteiger partial charge in [0.25, 0.3) is 0 Å². The maximum atomic E-state index is 9.68. The van der Waals surface area contributed by atoms with Crippen LogP contribution in [0.3, 0.4) is 0 Å². The van der Waals surface area contributed by atoms with Gasteiger partial charge in [-0.25, -0.2) is 0 Å². The summed E-state index contributed by atoms with van der Waals surface area (Å²) in [6.07, 6.45) is 4.55. The van der Waals surface area contributed by atoms with Crippen LogP contribution in [0.1, 0.15) is 46.5 Å². The zero-order chi connectivity index (χ0) is 10.3. The molecule has 0 aromatic rings. The van der Waals surface area contributed by atoms with Gasteiger partial charge in [-0.1, -0.05) is 46.5 Å². The average molecular weight is 204 g/mol. The molecular formula is C10H24O2Si. The molecule has 0 aliphatic carbocycles. The summed E-state index contributed by atoms with van der Waals surface area (Å²) in [6.45, 7) is 6.25. The van der Waals surface area contributed by atoms with Crippen molar-refractivity contribution in [3.05, 3.63) is 0 Å². The third-order valence-electron chi connectivity index (χ3n) is 2.17. The van der Waals surface area contributed by atoms with E-state index in [0.717, 1.165) is 12.8 Å². The van der Waals surface area contributed by atoms with E-state index in [4.69, 9.17) is 0 Å². The first-order chi connectivity index (χ1) is 5.98. The third kappa shape index (κ3) is 8.47. The van der Waals surface area contributed by atoms with Crippen LogP contribution in [-0.2, 0) is 0 Å². The summed E-state index contributed by atoms with van der Waals surface area (Å²) in [5, 5.41) is 0. The topological polar surface area (TPSA) is 40.5 Å². The van der Waals surface area contributed by atoms with Gasteiger partial charge >= 0.3 is 8.56 Å². The van der Waals surface area contributed by atoms with E-state index in [-0.39, 0.29) is 0 Å². The Morgan fingerprint density at radius 2 is 1.69 bits per heavy atom. The fourth-order valence-corrected chi connectivity index (χ4v) is 3.92. The van der Waals surface area contributed by atoms with Crippen LogP contribution >= 0.6 is 0 Å². The fourth-order valence-electron chi connectivity index (χ4n) is 1.59. The molecule has 13 heavy (non-hydrogen) atoms. The van der Waals surface area contributed by atoms with Crippen LogP contribution < -0.4 is 0 Å². The lowest BCUT2D eigenvalue weighted by atomic mass is 10.2. The van der Waals surface area contributed by atoms with Crippen LogP contribution in [0.15, 0.2) is 0 Å². The fraction of sp³-hybridized carbons (Fsp3) is 1.00. The normalized spacial score (nSPS) is 12.5. The van der Waals surface area contributed by atoms with E-state index in [1.165, 1.54) is 12.8 Å². The molecule has 0 fully saturated rings. The van der Waals surface area contributed by atoms with Crippen LogP contribution in [-0.4, -0.2) is 18.2 Å². The highest BCUT2D eigenvalue weighted by Gasteiger charge is 2.28. The lowest BCUT2D eigenvalue weighted by Gasteiger charge is -2.19. The molecule has 2 N–H and O–H groups in total. The van der Waals surface area contributed by atoms with Crippen molar-refractivity contribution in [2.24, 2.45) is 5.92 Å². The molecule has 0 aliphatic heterocycles. The van der Waals surface area contributed by atoms with Gasteiger partial charge in [0.05, 0.1) is 0 Å². The lowest BCUT2D eigenvalue weighted by Crippen LogP contribution is -2.35. The van der Waals surface area contributed by atoms with E-state index in [0.29, 0.717) is 18.0 Å². The highest BCUT2D eigenvalue weighted by atomic mass is 28.4. The van der Waals surface area contributed by atoms with Crippen molar-refractivity contribution in [1.82, 2.24) is 0 Å². The molecule has 80 valence electrons. The van der Waals surface area contributed by atoms with Gasteiger partial charge in [0.2, 0.25) is 0 Å². The van der Waals surface area contributed by atoms with Crippen molar-refractivity contribution >= 4 is 8.56 Å². The second-order valence-electron chi connectivity index (χ2n) is 4.39. The Morgan fingerprint density at radius 3 is 2.15 bits per heavy atom. The van der Waals surface area contributed by atoms with Crippen LogP contribution in [0.4, 0.5) is 0 Å². The molecule has 3 heteroatoms. The zero-order valence-corrected chi connectivity index (χ0v) is 10.2. The molecule has 0 radical (unpaired) electrons. The van der Waals surface area contributed by atoms with Crippen molar-refractivity contribution in [1.29, 1.82) is 0 Å². The van der Waals surface area contributed by atoms with E-state index in [1.54, 1.807) is 0 Å². The molecule has 0 atom stereocenters. The van der Waals surface area contributed by atoms with Crippen LogP contribution in [0.25, 0.3) is 0 Å². The summed E-state index contributed by atoms with van der Waals surface area (Å²) in [5.74, 6) is 0.410. The molecule has 0 unspecified atom stereocenters. The monoisotopic (exact) mass is 204 g/mol. The standard InChI is InChI=1S/C10H24O2Si/c1-4-5-6-7-8-13(11,12)9-10(2)3/h10-12H,4-9H2,1-3H3. The van der Waals surface area contributed by atoms with Gasteiger partial charge in [0, 0.05) is 0 Å². The van der Waals surface area contributed by atoms with Gasteiger partial charge in [0.1, 0.15) is 0 Å². The van der Waals surface area contributed by atoms with Gasteiger partial charge < -0.3 is 9.59 Å². The second-order valence-corrected chi connectivity index (χ2v) is 7.26. The number of hydrogen-bond donors (Lipinski definition) is 2. The Bertz CT molecular complexity index is 124. The molecule has 0 saturated carbocycles. The van der Waals surface area contributed by atoms with Gasteiger partial charge in [-0.3, -0.25) is 0 Å². The highest BCUT2D eigenvalue weighted by molar-refractivity contribution is 6.64. The molecule has 0 saturated heterocycles. The largest absolute Gasteiger partial charge is 0.411 e. The Kier molecular flexibility index (Phi) is 6.64. The smallest absolute Gasteiger partial charge is 0.332 e. The Labute approximate surface area is 83.2 Å². The maximum absolute atomic E-state index is 9.68. The quantitative estimate of drug-likeness (QED) is 0.494. The molecule has 0 spiro atoms. The molecular weight excluding hydrogens is 180 g/mol. The minimum Gasteiger partial charge on any atom is -0.411 e. The lowest BCUT2D eigenvalue weighted by molar-refractivity contribution is 0.344. The van der Waals surface area contributed by atoms with Crippen LogP contribution in [0.5, 0.6) is 0 Å². The van der Waals surface area contributed by atoms with Crippen molar-refractivity contribution in [2.75, 3.05) is 0 Å². The minimum atomic E-state index is -2.82. The van der Waals surface area contributed by atoms with E-state index in [2.05, 4.69) is 6.92 Å². The molecule has 0 amide bonds. The SMILES string of the molecule is CCCCCC[Si](O)(O)CC(C)C. The Balaban J connectivity index is 3.50. The molecule has 0 bridgehead atoms. The van der Waals surface area contributed by atoms with Crippen LogP contribution in [0.2, 0.25) is 12.1 Å². The molecule has 0 heterocycles. The van der Waals surface area contributed by atoms with Crippen molar-refractivity contribution < 1.29 is 9.59 Å². The first kappa shape index (κ1) is 13.1. The van der Waals surface area contributed by atoms with Gasteiger partial charge in [0.15, 0.2) is 0 Å². The highest BCUT2D eigenvalue weighted by Crippen LogP contribution is 2.18. The number of hydrogen-bond acceptors (Lipinski definition) is 2. The summed E-state index contributed by atoms with van der Waals surface area (Å²) in [6, 6.07) is 1.28. The molecule has 2 nitrogen and oxygen atoms in total. The van der Waals surface area contributed by atoms with Gasteiger partial charge in [-0.15, -0.1) is 0 Å². The summed E-state index contributed by atoms with van der Waals surface area (Å²) in [7, 11) is -2.82. The first-order valence-corrected chi connectivity index (χ1v) is 7.73. The van der Waals surface area contributed by atoms with Crippen molar-refractivity contribution in [2.45, 2.75) is 58.5 Å². The zero-order valence-electron chi connectivity index (χ0n) is 9.21. The first-order valence-electron chi connectivity index (χ1n) is 5.42. The summed E-state index contributed by atoms with van der Waals surface area (Å²) < 4.78 is 0. The maximum Gasteiger partial charge on any atom is 0.332 e. The molecule has 0 aromatic carbocycles. The Hall–Kier alpha value is 0.137. The predicted molar refractivity (Wildman–Crippen MR) is 58.8 cm³/mol. The predicted octanol–water partition coefficient (Wildman–Crippen LogP) is 2.65. The van der Waals surface area contributed by atoms with Gasteiger partial charge in [-0.05, 0) is 18.0 Å². The van der Waals surface area contributed by atoms with E-state index in [1.807, 2.05) is 13.8 Å².